The summed E-state index contributed by atoms with van der Waals surface area (Å²) in [5, 5.41) is 1.07. The highest BCUT2D eigenvalue weighted by Gasteiger charge is 2.30. The molecule has 0 spiro atoms. The van der Waals surface area contributed by atoms with E-state index in [0.717, 1.165) is 15.4 Å². The standard InChI is InChI=1S/C21H22BrN3O4S/c1-29-18-4-6-19(7-5-18)30(27,28)25-12-10-23(11-13-25)21(26)15-24-9-8-16-2-3-17(22)14-20(16)24/h2-9,14H,10-13,15H2,1H3. The number of amides is 1. The molecule has 1 saturated heterocycles. The molecular weight excluding hydrogens is 470 g/mol. The number of sulfonamides is 1. The second-order valence-electron chi connectivity index (χ2n) is 7.11. The van der Waals surface area contributed by atoms with Crippen LogP contribution < -0.4 is 4.74 Å². The second kappa shape index (κ2) is 8.41. The highest BCUT2D eigenvalue weighted by molar-refractivity contribution is 9.10. The predicted molar refractivity (Wildman–Crippen MR) is 118 cm³/mol. The first-order valence-corrected chi connectivity index (χ1v) is 11.8. The van der Waals surface area contributed by atoms with Crippen LogP contribution in [-0.4, -0.2) is 61.4 Å². The van der Waals surface area contributed by atoms with Gasteiger partial charge in [0.2, 0.25) is 15.9 Å². The van der Waals surface area contributed by atoms with Gasteiger partial charge < -0.3 is 14.2 Å². The van der Waals surface area contributed by atoms with Gasteiger partial charge in [-0.05, 0) is 47.9 Å². The van der Waals surface area contributed by atoms with Crippen LogP contribution in [0.1, 0.15) is 0 Å². The Bertz CT molecular complexity index is 1170. The molecule has 0 unspecified atom stereocenters. The minimum Gasteiger partial charge on any atom is -0.497 e. The number of hydrogen-bond acceptors (Lipinski definition) is 4. The topological polar surface area (TPSA) is 71.9 Å². The summed E-state index contributed by atoms with van der Waals surface area (Å²) in [5.41, 5.74) is 0.985. The molecule has 1 aliphatic heterocycles. The van der Waals surface area contributed by atoms with Gasteiger partial charge in [0, 0.05) is 42.4 Å². The third kappa shape index (κ3) is 4.10. The van der Waals surface area contributed by atoms with E-state index in [2.05, 4.69) is 15.9 Å². The molecule has 1 amide bonds. The van der Waals surface area contributed by atoms with Crippen LogP contribution >= 0.6 is 15.9 Å². The summed E-state index contributed by atoms with van der Waals surface area (Å²) in [7, 11) is -2.05. The quantitative estimate of drug-likeness (QED) is 0.549. The normalized spacial score (nSPS) is 15.5. The van der Waals surface area contributed by atoms with E-state index in [1.165, 1.54) is 11.4 Å². The van der Waals surface area contributed by atoms with Crippen LogP contribution in [0.3, 0.4) is 0 Å². The number of nitrogens with zero attached hydrogens (tertiary/aromatic N) is 3. The Hall–Kier alpha value is -2.36. The molecule has 1 fully saturated rings. The molecule has 0 radical (unpaired) electrons. The van der Waals surface area contributed by atoms with Crippen molar-refractivity contribution in [3.05, 3.63) is 59.2 Å². The number of fused-ring (bicyclic) bond motifs is 1. The molecule has 3 aromatic rings. The van der Waals surface area contributed by atoms with E-state index in [-0.39, 0.29) is 30.4 Å². The molecule has 2 heterocycles. The minimum absolute atomic E-state index is 0.0195. The van der Waals surface area contributed by atoms with Crippen LogP contribution in [0.4, 0.5) is 0 Å². The van der Waals surface area contributed by atoms with Gasteiger partial charge >= 0.3 is 0 Å². The summed E-state index contributed by atoms with van der Waals surface area (Å²) in [5.74, 6) is 0.586. The van der Waals surface area contributed by atoms with Crippen LogP contribution in [0, 0.1) is 0 Å². The zero-order chi connectivity index (χ0) is 21.3. The fraction of sp³-hybridized carbons (Fsp3) is 0.286. The predicted octanol–water partition coefficient (Wildman–Crippen LogP) is 2.95. The zero-order valence-electron chi connectivity index (χ0n) is 16.5. The van der Waals surface area contributed by atoms with Gasteiger partial charge in [0.1, 0.15) is 12.3 Å². The molecular formula is C21H22BrN3O4S. The van der Waals surface area contributed by atoms with Crippen molar-refractivity contribution >= 4 is 42.8 Å². The highest BCUT2D eigenvalue weighted by Crippen LogP contribution is 2.22. The molecule has 0 N–H and O–H groups in total. The molecule has 0 aliphatic carbocycles. The molecule has 0 saturated carbocycles. The lowest BCUT2D eigenvalue weighted by molar-refractivity contribution is -0.132. The first kappa shape index (κ1) is 20.9. The number of hydrogen-bond donors (Lipinski definition) is 0. The molecule has 1 aromatic heterocycles. The Morgan fingerprint density at radius 1 is 1.03 bits per heavy atom. The van der Waals surface area contributed by atoms with E-state index in [0.29, 0.717) is 18.8 Å². The summed E-state index contributed by atoms with van der Waals surface area (Å²) < 4.78 is 35.1. The van der Waals surface area contributed by atoms with Gasteiger partial charge in [-0.2, -0.15) is 4.31 Å². The lowest BCUT2D eigenvalue weighted by atomic mass is 10.2. The maximum Gasteiger partial charge on any atom is 0.243 e. The van der Waals surface area contributed by atoms with Gasteiger partial charge in [0.05, 0.1) is 12.0 Å². The van der Waals surface area contributed by atoms with Crippen LogP contribution in [0.15, 0.2) is 64.1 Å². The van der Waals surface area contributed by atoms with Gasteiger partial charge in [-0.15, -0.1) is 0 Å². The lowest BCUT2D eigenvalue weighted by Crippen LogP contribution is -2.51. The fourth-order valence-electron chi connectivity index (χ4n) is 3.62. The molecule has 2 aromatic carbocycles. The van der Waals surface area contributed by atoms with Crippen molar-refractivity contribution in [3.8, 4) is 5.75 Å². The lowest BCUT2D eigenvalue weighted by Gasteiger charge is -2.34. The molecule has 158 valence electrons. The number of carbonyl (C=O) groups is 1. The number of ether oxygens (including phenoxy) is 1. The number of methoxy groups -OCH3 is 1. The van der Waals surface area contributed by atoms with Crippen molar-refractivity contribution in [2.24, 2.45) is 0 Å². The molecule has 0 atom stereocenters. The average molecular weight is 492 g/mol. The Morgan fingerprint density at radius 2 is 1.73 bits per heavy atom. The third-order valence-electron chi connectivity index (χ3n) is 5.33. The zero-order valence-corrected chi connectivity index (χ0v) is 18.9. The maximum absolute atomic E-state index is 12.9. The summed E-state index contributed by atoms with van der Waals surface area (Å²) in [6.07, 6.45) is 1.90. The van der Waals surface area contributed by atoms with Crippen molar-refractivity contribution in [1.82, 2.24) is 13.8 Å². The van der Waals surface area contributed by atoms with Crippen LogP contribution in [-0.2, 0) is 21.4 Å². The third-order valence-corrected chi connectivity index (χ3v) is 7.74. The Labute approximate surface area is 184 Å². The van der Waals surface area contributed by atoms with Crippen molar-refractivity contribution in [2.75, 3.05) is 33.3 Å². The summed E-state index contributed by atoms with van der Waals surface area (Å²) in [4.78, 5) is 14.8. The molecule has 7 nitrogen and oxygen atoms in total. The number of carbonyl (C=O) groups excluding carboxylic acids is 1. The Kier molecular flexibility index (Phi) is 5.86. The number of halogens is 1. The monoisotopic (exact) mass is 491 g/mol. The summed E-state index contributed by atoms with van der Waals surface area (Å²) in [6, 6.07) is 14.3. The summed E-state index contributed by atoms with van der Waals surface area (Å²) >= 11 is 3.47. The molecule has 4 rings (SSSR count). The smallest absolute Gasteiger partial charge is 0.243 e. The highest BCUT2D eigenvalue weighted by atomic mass is 79.9. The SMILES string of the molecule is COc1ccc(S(=O)(=O)N2CCN(C(=O)Cn3ccc4ccc(Br)cc43)CC2)cc1. The average Bonchev–Trinajstić information content (AvgIpc) is 3.15. The fourth-order valence-corrected chi connectivity index (χ4v) is 5.39. The van der Waals surface area contributed by atoms with Crippen molar-refractivity contribution in [2.45, 2.75) is 11.4 Å². The first-order chi connectivity index (χ1) is 14.4. The van der Waals surface area contributed by atoms with Gasteiger partial charge in [0.15, 0.2) is 0 Å². The van der Waals surface area contributed by atoms with Gasteiger partial charge in [0.25, 0.3) is 0 Å². The van der Waals surface area contributed by atoms with Gasteiger partial charge in [-0.3, -0.25) is 4.79 Å². The van der Waals surface area contributed by atoms with Gasteiger partial charge in [-0.1, -0.05) is 22.0 Å². The number of rotatable bonds is 5. The van der Waals surface area contributed by atoms with Gasteiger partial charge in [-0.25, -0.2) is 8.42 Å². The summed E-state index contributed by atoms with van der Waals surface area (Å²) in [6.45, 7) is 1.52. The minimum atomic E-state index is -3.59. The van der Waals surface area contributed by atoms with E-state index in [1.54, 1.807) is 29.2 Å². The van der Waals surface area contributed by atoms with E-state index >= 15 is 0 Å². The Balaban J connectivity index is 1.41. The second-order valence-corrected chi connectivity index (χ2v) is 9.96. The molecule has 9 heteroatoms. The van der Waals surface area contributed by atoms with Crippen LogP contribution in [0.2, 0.25) is 0 Å². The van der Waals surface area contributed by atoms with Crippen LogP contribution in [0.25, 0.3) is 10.9 Å². The molecule has 1 aliphatic rings. The number of aromatic nitrogens is 1. The van der Waals surface area contributed by atoms with Crippen molar-refractivity contribution < 1.29 is 17.9 Å². The van der Waals surface area contributed by atoms with E-state index < -0.39 is 10.0 Å². The van der Waals surface area contributed by atoms with E-state index in [4.69, 9.17) is 4.74 Å². The maximum atomic E-state index is 12.9. The first-order valence-electron chi connectivity index (χ1n) is 9.55. The van der Waals surface area contributed by atoms with E-state index in [9.17, 15) is 13.2 Å². The Morgan fingerprint density at radius 3 is 2.40 bits per heavy atom. The van der Waals surface area contributed by atoms with Crippen molar-refractivity contribution in [1.29, 1.82) is 0 Å². The number of benzene rings is 2. The largest absolute Gasteiger partial charge is 0.497 e. The van der Waals surface area contributed by atoms with E-state index in [1.807, 2.05) is 35.0 Å². The molecule has 0 bridgehead atoms. The molecule has 30 heavy (non-hydrogen) atoms. The number of piperazine rings is 1. The van der Waals surface area contributed by atoms with Crippen LogP contribution in [0.5, 0.6) is 5.75 Å². The van der Waals surface area contributed by atoms with Crippen molar-refractivity contribution in [3.63, 3.8) is 0 Å².